The lowest BCUT2D eigenvalue weighted by molar-refractivity contribution is 0.211. The van der Waals surface area contributed by atoms with Crippen molar-refractivity contribution in [3.05, 3.63) is 65.8 Å². The summed E-state index contributed by atoms with van der Waals surface area (Å²) < 4.78 is 0. The molecule has 27 heavy (non-hydrogen) atoms. The monoisotopic (exact) mass is 360 g/mol. The third-order valence-corrected chi connectivity index (χ3v) is 7.27. The van der Waals surface area contributed by atoms with Crippen LogP contribution in [0, 0.1) is 40.4 Å². The molecule has 0 nitrogen and oxygen atoms in total. The van der Waals surface area contributed by atoms with Gasteiger partial charge in [-0.3, -0.25) is 0 Å². The average Bonchev–Trinajstić information content (AvgIpc) is 2.98. The maximum Gasteiger partial charge on any atom is -0.00271 e. The molecule has 0 radical (unpaired) electrons. The van der Waals surface area contributed by atoms with Gasteiger partial charge in [0.05, 0.1) is 0 Å². The molecule has 0 heterocycles. The molecule has 3 aliphatic carbocycles. The molecule has 0 N–H and O–H groups in total. The van der Waals surface area contributed by atoms with Crippen LogP contribution in [0.1, 0.15) is 59.9 Å². The lowest BCUT2D eigenvalue weighted by atomic mass is 9.67. The Morgan fingerprint density at radius 1 is 0.852 bits per heavy atom. The summed E-state index contributed by atoms with van der Waals surface area (Å²) in [6.07, 6.45) is 13.0. The Kier molecular flexibility index (Phi) is 4.53. The molecular weight excluding hydrogens is 324 g/mol. The van der Waals surface area contributed by atoms with Gasteiger partial charge in [-0.15, -0.1) is 0 Å². The van der Waals surface area contributed by atoms with Crippen molar-refractivity contribution in [1.29, 1.82) is 0 Å². The van der Waals surface area contributed by atoms with Crippen LogP contribution in [0.2, 0.25) is 0 Å². The van der Waals surface area contributed by atoms with Gasteiger partial charge in [0.25, 0.3) is 0 Å². The molecule has 1 aromatic rings. The van der Waals surface area contributed by atoms with E-state index in [0.717, 1.165) is 5.92 Å². The Balaban J connectivity index is 1.74. The van der Waals surface area contributed by atoms with Gasteiger partial charge in [-0.2, -0.15) is 0 Å². The van der Waals surface area contributed by atoms with Crippen LogP contribution in [-0.4, -0.2) is 0 Å². The summed E-state index contributed by atoms with van der Waals surface area (Å²) in [4.78, 5) is 0. The largest absolute Gasteiger partial charge is 0.0846 e. The Hall–Kier alpha value is -1.56. The lowest BCUT2D eigenvalue weighted by Gasteiger charge is -2.38. The molecule has 0 aliphatic heterocycles. The van der Waals surface area contributed by atoms with Gasteiger partial charge in [-0.1, -0.05) is 96.2 Å². The molecule has 5 atom stereocenters. The minimum absolute atomic E-state index is 0.211. The molecule has 1 aromatic carbocycles. The molecule has 0 saturated heterocycles. The number of hydrogen-bond donors (Lipinski definition) is 0. The number of rotatable bonds is 1. The van der Waals surface area contributed by atoms with E-state index < -0.39 is 0 Å². The smallest absolute Gasteiger partial charge is 0.00271 e. The third-order valence-electron chi connectivity index (χ3n) is 7.27. The quantitative estimate of drug-likeness (QED) is 0.454. The normalized spacial score (nSPS) is 33.2. The van der Waals surface area contributed by atoms with Crippen LogP contribution in [0.25, 0.3) is 5.57 Å². The summed E-state index contributed by atoms with van der Waals surface area (Å²) in [5, 5.41) is 0. The molecule has 144 valence electrons. The zero-order chi connectivity index (χ0) is 19.4. The fraction of sp³-hybridized carbons (Fsp3) is 0.556. The zero-order valence-electron chi connectivity index (χ0n) is 18.0. The van der Waals surface area contributed by atoms with Gasteiger partial charge in [-0.25, -0.2) is 0 Å². The molecular formula is C27H36. The van der Waals surface area contributed by atoms with Crippen molar-refractivity contribution in [1.82, 2.24) is 0 Å². The molecule has 0 spiro atoms. The minimum atomic E-state index is 0.211. The first kappa shape index (κ1) is 18.8. The van der Waals surface area contributed by atoms with Crippen LogP contribution >= 0.6 is 0 Å². The summed E-state index contributed by atoms with van der Waals surface area (Å²) in [6.45, 7) is 14.3. The minimum Gasteiger partial charge on any atom is -0.0846 e. The molecule has 1 fully saturated rings. The number of fused-ring (bicyclic) bond motifs is 3. The van der Waals surface area contributed by atoms with E-state index in [9.17, 15) is 0 Å². The maximum atomic E-state index is 2.63. The Morgan fingerprint density at radius 3 is 2.19 bits per heavy atom. The van der Waals surface area contributed by atoms with Crippen molar-refractivity contribution in [3.63, 3.8) is 0 Å². The molecule has 5 unspecified atom stereocenters. The van der Waals surface area contributed by atoms with Gasteiger partial charge in [0.15, 0.2) is 0 Å². The first-order chi connectivity index (χ1) is 12.6. The standard InChI is InChI=1S/C27H36/c1-26(2,3)21-12-13-23-19(15-21)14-20-16-22(27(4,5)6)17-24(25(20)23)18-10-8-7-9-11-18/h7-13,16-17,19-21,23,25H,14-15H2,1-6H3. The highest BCUT2D eigenvalue weighted by Gasteiger charge is 2.47. The van der Waals surface area contributed by atoms with Crippen LogP contribution in [0.5, 0.6) is 0 Å². The number of hydrogen-bond acceptors (Lipinski definition) is 0. The van der Waals surface area contributed by atoms with E-state index in [0.29, 0.717) is 29.1 Å². The maximum absolute atomic E-state index is 2.63. The Labute approximate surface area is 166 Å². The summed E-state index contributed by atoms with van der Waals surface area (Å²) in [5.74, 6) is 3.60. The van der Waals surface area contributed by atoms with Crippen molar-refractivity contribution >= 4 is 5.57 Å². The first-order valence-electron chi connectivity index (χ1n) is 10.8. The van der Waals surface area contributed by atoms with Gasteiger partial charge < -0.3 is 0 Å². The topological polar surface area (TPSA) is 0 Å². The fourth-order valence-corrected chi connectivity index (χ4v) is 5.60. The van der Waals surface area contributed by atoms with Gasteiger partial charge in [-0.05, 0) is 70.0 Å². The van der Waals surface area contributed by atoms with E-state index in [1.165, 1.54) is 24.0 Å². The molecule has 3 aliphatic rings. The van der Waals surface area contributed by atoms with Crippen LogP contribution in [0.4, 0.5) is 0 Å². The van der Waals surface area contributed by atoms with Crippen LogP contribution in [0.15, 0.2) is 60.2 Å². The SMILES string of the molecule is CC(C)(C)C1=CC2CC3CC(C(C)(C)C)C=CC3C2C(c2ccccc2)=C1. The molecule has 1 saturated carbocycles. The van der Waals surface area contributed by atoms with E-state index >= 15 is 0 Å². The Morgan fingerprint density at radius 2 is 1.56 bits per heavy atom. The van der Waals surface area contributed by atoms with Crippen molar-refractivity contribution in [2.24, 2.45) is 40.4 Å². The summed E-state index contributed by atoms with van der Waals surface area (Å²) in [6, 6.07) is 11.1. The van der Waals surface area contributed by atoms with Crippen LogP contribution in [-0.2, 0) is 0 Å². The van der Waals surface area contributed by atoms with Gasteiger partial charge in [0, 0.05) is 0 Å². The zero-order valence-corrected chi connectivity index (χ0v) is 18.0. The molecule has 0 aromatic heterocycles. The molecule has 0 heteroatoms. The van der Waals surface area contributed by atoms with Crippen LogP contribution in [0.3, 0.4) is 0 Å². The third kappa shape index (κ3) is 3.48. The van der Waals surface area contributed by atoms with E-state index in [-0.39, 0.29) is 5.41 Å². The van der Waals surface area contributed by atoms with Gasteiger partial charge in [0.1, 0.15) is 0 Å². The highest BCUT2D eigenvalue weighted by Crippen LogP contribution is 2.57. The lowest BCUT2D eigenvalue weighted by Crippen LogP contribution is -2.28. The number of benzene rings is 1. The molecule has 4 rings (SSSR count). The highest BCUT2D eigenvalue weighted by molar-refractivity contribution is 5.73. The predicted octanol–water partition coefficient (Wildman–Crippen LogP) is 7.55. The Bertz CT molecular complexity index is 776. The summed E-state index contributed by atoms with van der Waals surface area (Å²) in [7, 11) is 0. The first-order valence-corrected chi connectivity index (χ1v) is 10.8. The predicted molar refractivity (Wildman–Crippen MR) is 117 cm³/mol. The van der Waals surface area contributed by atoms with E-state index in [4.69, 9.17) is 0 Å². The fourth-order valence-electron chi connectivity index (χ4n) is 5.60. The van der Waals surface area contributed by atoms with Gasteiger partial charge in [0.2, 0.25) is 0 Å². The molecule has 0 amide bonds. The second kappa shape index (κ2) is 6.50. The molecule has 0 bridgehead atoms. The second-order valence-electron chi connectivity index (χ2n) is 11.2. The van der Waals surface area contributed by atoms with Crippen LogP contribution < -0.4 is 0 Å². The average molecular weight is 361 g/mol. The van der Waals surface area contributed by atoms with Gasteiger partial charge >= 0.3 is 0 Å². The van der Waals surface area contributed by atoms with E-state index in [2.05, 4.69) is 96.2 Å². The van der Waals surface area contributed by atoms with Crippen molar-refractivity contribution in [2.75, 3.05) is 0 Å². The summed E-state index contributed by atoms with van der Waals surface area (Å²) in [5.41, 5.74) is 5.12. The van der Waals surface area contributed by atoms with E-state index in [1.807, 2.05) is 0 Å². The highest BCUT2D eigenvalue weighted by atomic mass is 14.5. The second-order valence-corrected chi connectivity index (χ2v) is 11.2. The van der Waals surface area contributed by atoms with Crippen molar-refractivity contribution in [3.8, 4) is 0 Å². The van der Waals surface area contributed by atoms with E-state index in [1.54, 1.807) is 5.57 Å². The number of allylic oxidation sites excluding steroid dienone is 6. The van der Waals surface area contributed by atoms with Crippen molar-refractivity contribution in [2.45, 2.75) is 54.4 Å². The summed E-state index contributed by atoms with van der Waals surface area (Å²) >= 11 is 0. The van der Waals surface area contributed by atoms with Crippen molar-refractivity contribution < 1.29 is 0 Å².